The molecule has 2 aliphatic rings. The van der Waals surface area contributed by atoms with Crippen molar-refractivity contribution in [2.45, 2.75) is 13.1 Å². The summed E-state index contributed by atoms with van der Waals surface area (Å²) in [5.74, 6) is 1.51. The molecule has 2 aromatic heterocycles. The summed E-state index contributed by atoms with van der Waals surface area (Å²) >= 11 is 0. The Hall–Kier alpha value is -5.95. The van der Waals surface area contributed by atoms with Gasteiger partial charge in [-0.15, -0.1) is 0 Å². The minimum absolute atomic E-state index is 0.0496. The average molecular weight is 769 g/mol. The number of aromatic nitrogens is 4. The Morgan fingerprint density at radius 1 is 0.750 bits per heavy atom. The minimum Gasteiger partial charge on any atom is -0.495 e. The van der Waals surface area contributed by atoms with Gasteiger partial charge in [0.25, 0.3) is 11.4 Å². The molecule has 0 bridgehead atoms. The first-order valence-corrected chi connectivity index (χ1v) is 18.2. The van der Waals surface area contributed by atoms with Crippen LogP contribution in [0.1, 0.15) is 11.1 Å². The first-order chi connectivity index (χ1) is 26.9. The van der Waals surface area contributed by atoms with Crippen molar-refractivity contribution in [3.8, 4) is 22.8 Å². The van der Waals surface area contributed by atoms with Crippen molar-refractivity contribution in [1.82, 2.24) is 39.3 Å². The summed E-state index contributed by atoms with van der Waals surface area (Å²) in [4.78, 5) is 40.0. The highest BCUT2D eigenvalue weighted by Gasteiger charge is 2.24. The van der Waals surface area contributed by atoms with Crippen molar-refractivity contribution in [1.29, 1.82) is 0 Å². The SMILES string of the molecule is COc1cc(CN2CCN(C)CC2)c([N+](=O)[O-])cc1N.COc1cc(CN2CCN(C)CC2)c([N+](=O)[O-])cc1Nc1cc(-c2ccc3c(cnn3C)c2)ncn1. The molecular formula is C38H48N12O6. The van der Waals surface area contributed by atoms with Crippen molar-refractivity contribution in [3.05, 3.63) is 92.4 Å². The lowest BCUT2D eigenvalue weighted by molar-refractivity contribution is -0.385. The molecule has 0 aliphatic carbocycles. The van der Waals surface area contributed by atoms with Crippen molar-refractivity contribution < 1.29 is 19.3 Å². The van der Waals surface area contributed by atoms with Crippen LogP contribution in [0.25, 0.3) is 22.2 Å². The number of anilines is 3. The largest absolute Gasteiger partial charge is 0.495 e. The summed E-state index contributed by atoms with van der Waals surface area (Å²) in [7, 11) is 9.13. The number of piperazine rings is 2. The van der Waals surface area contributed by atoms with Crippen LogP contribution < -0.4 is 20.5 Å². The van der Waals surface area contributed by atoms with E-state index >= 15 is 0 Å². The molecule has 296 valence electrons. The zero-order valence-corrected chi connectivity index (χ0v) is 32.3. The van der Waals surface area contributed by atoms with E-state index in [0.29, 0.717) is 52.9 Å². The zero-order valence-electron chi connectivity index (χ0n) is 32.3. The molecule has 2 saturated heterocycles. The van der Waals surface area contributed by atoms with Crippen LogP contribution in [0, 0.1) is 20.2 Å². The molecule has 2 aliphatic heterocycles. The van der Waals surface area contributed by atoms with Gasteiger partial charge in [-0.1, -0.05) is 6.07 Å². The standard InChI is InChI=1S/C25H28N8O3.C13H20N4O3/c1-30-6-8-32(9-7-30)15-19-11-24(36-3)21(12-23(19)33(34)35)29-25-13-20(26-16-27-25)17-4-5-22-18(10-17)14-28-31(22)2;1-15-3-5-16(6-4-15)9-10-7-13(20-2)11(14)8-12(10)17(18)19/h4-5,10-14,16H,6-9,15H2,1-3H3,(H,26,27,29);7-8H,3-6,9,14H2,1-2H3. The van der Waals surface area contributed by atoms with Crippen molar-refractivity contribution >= 4 is 39.5 Å². The summed E-state index contributed by atoms with van der Waals surface area (Å²) in [5.41, 5.74) is 10.5. The number of hydrogen-bond donors (Lipinski definition) is 2. The van der Waals surface area contributed by atoms with Crippen LogP contribution in [0.2, 0.25) is 0 Å². The highest BCUT2D eigenvalue weighted by molar-refractivity contribution is 5.84. The normalized spacial score (nSPS) is 15.6. The van der Waals surface area contributed by atoms with Crippen molar-refractivity contribution in [2.24, 2.45) is 7.05 Å². The van der Waals surface area contributed by atoms with Gasteiger partial charge in [0.1, 0.15) is 23.6 Å². The quantitative estimate of drug-likeness (QED) is 0.109. The molecule has 3 aromatic carbocycles. The smallest absolute Gasteiger partial charge is 0.276 e. The van der Waals surface area contributed by atoms with E-state index in [1.165, 1.54) is 25.6 Å². The minimum atomic E-state index is -0.388. The van der Waals surface area contributed by atoms with Gasteiger partial charge in [-0.05, 0) is 38.4 Å². The first-order valence-electron chi connectivity index (χ1n) is 18.2. The van der Waals surface area contributed by atoms with E-state index in [1.54, 1.807) is 25.3 Å². The number of rotatable bonds is 11. The van der Waals surface area contributed by atoms with Gasteiger partial charge in [-0.25, -0.2) is 9.97 Å². The fraction of sp³-hybridized carbons (Fsp3) is 0.395. The number of hydrogen-bond acceptors (Lipinski definition) is 15. The van der Waals surface area contributed by atoms with Crippen LogP contribution in [-0.4, -0.2) is 130 Å². The third-order valence-electron chi connectivity index (χ3n) is 10.2. The molecule has 0 saturated carbocycles. The van der Waals surface area contributed by atoms with E-state index in [-0.39, 0.29) is 21.2 Å². The molecule has 0 amide bonds. The number of nitro groups is 2. The lowest BCUT2D eigenvalue weighted by Gasteiger charge is -2.32. The molecule has 2 fully saturated rings. The van der Waals surface area contributed by atoms with E-state index in [1.807, 2.05) is 36.1 Å². The number of fused-ring (bicyclic) bond motifs is 1. The molecule has 4 heterocycles. The maximum Gasteiger partial charge on any atom is 0.276 e. The predicted molar refractivity (Wildman–Crippen MR) is 214 cm³/mol. The molecular weight excluding hydrogens is 720 g/mol. The summed E-state index contributed by atoms with van der Waals surface area (Å²) in [6, 6.07) is 14.1. The number of nitrogen functional groups attached to an aromatic ring is 1. The molecule has 0 spiro atoms. The lowest BCUT2D eigenvalue weighted by Crippen LogP contribution is -2.43. The Morgan fingerprint density at radius 2 is 1.32 bits per heavy atom. The Balaban J connectivity index is 0.000000225. The fourth-order valence-electron chi connectivity index (χ4n) is 6.81. The highest BCUT2D eigenvalue weighted by Crippen LogP contribution is 2.36. The van der Waals surface area contributed by atoms with E-state index < -0.39 is 0 Å². The second kappa shape index (κ2) is 17.7. The number of nitrogens with zero attached hydrogens (tertiary/aromatic N) is 10. The molecule has 5 aromatic rings. The van der Waals surface area contributed by atoms with Gasteiger partial charge in [0.15, 0.2) is 0 Å². The summed E-state index contributed by atoms with van der Waals surface area (Å²) in [6.45, 7) is 8.40. The van der Waals surface area contributed by atoms with Gasteiger partial charge in [0.2, 0.25) is 0 Å². The van der Waals surface area contributed by atoms with Crippen LogP contribution in [0.15, 0.2) is 61.1 Å². The van der Waals surface area contributed by atoms with Gasteiger partial charge in [0, 0.05) is 113 Å². The van der Waals surface area contributed by atoms with Crippen molar-refractivity contribution in [3.63, 3.8) is 0 Å². The third-order valence-corrected chi connectivity index (χ3v) is 10.2. The monoisotopic (exact) mass is 768 g/mol. The number of nitro benzene ring substituents is 2. The maximum atomic E-state index is 11.9. The second-order valence-corrected chi connectivity index (χ2v) is 14.0. The molecule has 0 unspecified atom stereocenters. The van der Waals surface area contributed by atoms with E-state index in [4.69, 9.17) is 15.2 Å². The number of likely N-dealkylation sites (N-methyl/N-ethyl adjacent to an activating group) is 2. The Labute approximate surface area is 324 Å². The Morgan fingerprint density at radius 3 is 1.89 bits per heavy atom. The molecule has 18 heteroatoms. The van der Waals surface area contributed by atoms with Crippen molar-refractivity contribution in [2.75, 3.05) is 91.7 Å². The van der Waals surface area contributed by atoms with Crippen LogP contribution in [-0.2, 0) is 20.1 Å². The van der Waals surface area contributed by atoms with Crippen LogP contribution >= 0.6 is 0 Å². The van der Waals surface area contributed by atoms with E-state index in [0.717, 1.165) is 74.5 Å². The zero-order chi connectivity index (χ0) is 39.9. The second-order valence-electron chi connectivity index (χ2n) is 14.0. The number of aryl methyl sites for hydroxylation is 1. The first kappa shape index (κ1) is 39.7. The predicted octanol–water partition coefficient (Wildman–Crippen LogP) is 4.37. The summed E-state index contributed by atoms with van der Waals surface area (Å²) in [5, 5.41) is 31.6. The van der Waals surface area contributed by atoms with Crippen LogP contribution in [0.3, 0.4) is 0 Å². The molecule has 7 rings (SSSR count). The van der Waals surface area contributed by atoms with Gasteiger partial charge < -0.3 is 30.3 Å². The van der Waals surface area contributed by atoms with Gasteiger partial charge in [-0.2, -0.15) is 5.10 Å². The average Bonchev–Trinajstić information content (AvgIpc) is 3.57. The van der Waals surface area contributed by atoms with E-state index in [2.05, 4.69) is 54.1 Å². The summed E-state index contributed by atoms with van der Waals surface area (Å²) in [6.07, 6.45) is 3.28. The van der Waals surface area contributed by atoms with E-state index in [9.17, 15) is 20.2 Å². The maximum absolute atomic E-state index is 11.9. The number of nitrogens with one attached hydrogen (secondary N) is 1. The topological polar surface area (TPSA) is 199 Å². The van der Waals surface area contributed by atoms with Gasteiger partial charge in [0.05, 0.1) is 52.8 Å². The van der Waals surface area contributed by atoms with Gasteiger partial charge in [-0.3, -0.25) is 34.7 Å². The van der Waals surface area contributed by atoms with Crippen LogP contribution in [0.5, 0.6) is 11.5 Å². The number of nitrogens with two attached hydrogens (primary N) is 1. The lowest BCUT2D eigenvalue weighted by atomic mass is 10.1. The molecule has 0 radical (unpaired) electrons. The van der Waals surface area contributed by atoms with Crippen LogP contribution in [0.4, 0.5) is 28.6 Å². The fourth-order valence-corrected chi connectivity index (χ4v) is 6.81. The highest BCUT2D eigenvalue weighted by atomic mass is 16.6. The third kappa shape index (κ3) is 9.46. The number of ether oxygens (including phenoxy) is 2. The van der Waals surface area contributed by atoms with Gasteiger partial charge >= 0.3 is 0 Å². The number of benzene rings is 3. The summed E-state index contributed by atoms with van der Waals surface area (Å²) < 4.78 is 12.6. The Kier molecular flexibility index (Phi) is 12.5. The molecule has 0 atom stereocenters. The Bertz CT molecular complexity index is 2180. The molecule has 56 heavy (non-hydrogen) atoms. The molecule has 18 nitrogen and oxygen atoms in total. The number of methoxy groups -OCH3 is 2. The molecule has 3 N–H and O–H groups in total.